The van der Waals surface area contributed by atoms with Gasteiger partial charge in [-0.2, -0.15) is 0 Å². The molecule has 0 aliphatic heterocycles. The molecule has 1 aliphatic carbocycles. The number of sulfone groups is 1. The van der Waals surface area contributed by atoms with Gasteiger partial charge in [-0.15, -0.1) is 0 Å². The van der Waals surface area contributed by atoms with E-state index in [0.29, 0.717) is 4.90 Å². The quantitative estimate of drug-likeness (QED) is 0.870. The molecule has 0 heterocycles. The lowest BCUT2D eigenvalue weighted by Gasteiger charge is -2.21. The van der Waals surface area contributed by atoms with Gasteiger partial charge in [-0.1, -0.05) is 24.3 Å². The Labute approximate surface area is 126 Å². The van der Waals surface area contributed by atoms with Gasteiger partial charge in [0.15, 0.2) is 9.84 Å². The average Bonchev–Trinajstić information content (AvgIpc) is 2.47. The molecule has 4 nitrogen and oxygen atoms in total. The minimum Gasteiger partial charge on any atom is -0.349 e. The molecule has 2 atom stereocenters. The molecule has 1 aromatic carbocycles. The molecule has 1 N–H and O–H groups in total. The molecule has 0 unspecified atom stereocenters. The number of allylic oxidation sites excluding steroid dienone is 2. The minimum absolute atomic E-state index is 0.0488. The first-order valence-electron chi connectivity index (χ1n) is 7.13. The van der Waals surface area contributed by atoms with Crippen molar-refractivity contribution in [2.24, 2.45) is 5.92 Å². The monoisotopic (exact) mass is 307 g/mol. The zero-order valence-electron chi connectivity index (χ0n) is 12.4. The van der Waals surface area contributed by atoms with Crippen molar-refractivity contribution in [1.82, 2.24) is 5.32 Å². The summed E-state index contributed by atoms with van der Waals surface area (Å²) in [6.07, 6.45) is 7.99. The van der Waals surface area contributed by atoms with Gasteiger partial charge in [0.1, 0.15) is 0 Å². The molecule has 1 aromatic rings. The summed E-state index contributed by atoms with van der Waals surface area (Å²) < 4.78 is 22.8. The second kappa shape index (κ2) is 6.43. The molecular formula is C16H21NO3S. The predicted octanol–water partition coefficient (Wildman–Crippen LogP) is 2.62. The highest BCUT2D eigenvalue weighted by molar-refractivity contribution is 7.90. The van der Waals surface area contributed by atoms with E-state index in [0.717, 1.165) is 24.8 Å². The van der Waals surface area contributed by atoms with E-state index < -0.39 is 9.84 Å². The van der Waals surface area contributed by atoms with Crippen LogP contribution in [0.4, 0.5) is 0 Å². The van der Waals surface area contributed by atoms with Crippen molar-refractivity contribution in [3.05, 3.63) is 42.0 Å². The van der Waals surface area contributed by atoms with Crippen LogP contribution in [-0.2, 0) is 14.6 Å². The van der Waals surface area contributed by atoms with Gasteiger partial charge in [-0.05, 0) is 43.9 Å². The molecule has 1 aliphatic rings. The lowest BCUT2D eigenvalue weighted by atomic mass is 9.93. The summed E-state index contributed by atoms with van der Waals surface area (Å²) in [5.41, 5.74) is 0.905. The summed E-state index contributed by atoms with van der Waals surface area (Å²) in [5, 5.41) is 3.00. The van der Waals surface area contributed by atoms with Crippen LogP contribution in [0.2, 0.25) is 0 Å². The maximum absolute atomic E-state index is 12.2. The van der Waals surface area contributed by atoms with Gasteiger partial charge >= 0.3 is 0 Å². The fourth-order valence-electron chi connectivity index (χ4n) is 2.45. The van der Waals surface area contributed by atoms with Gasteiger partial charge in [0.05, 0.1) is 10.9 Å². The molecule has 5 heteroatoms. The molecule has 0 aromatic heterocycles. The van der Waals surface area contributed by atoms with Crippen LogP contribution >= 0.6 is 0 Å². The smallest absolute Gasteiger partial charge is 0.223 e. The lowest BCUT2D eigenvalue weighted by molar-refractivity contribution is -0.125. The summed E-state index contributed by atoms with van der Waals surface area (Å²) in [5.74, 6) is 0.117. The van der Waals surface area contributed by atoms with Crippen molar-refractivity contribution in [2.45, 2.75) is 37.1 Å². The first kappa shape index (κ1) is 15.8. The van der Waals surface area contributed by atoms with E-state index in [-0.39, 0.29) is 17.9 Å². The standard InChI is InChI=1S/C16H21NO3S/c1-12(17-16(18)14-6-4-3-5-7-14)13-8-10-15(11-9-13)21(2,19)20/h3-4,8-12,14H,5-7H2,1-2H3,(H,17,18)/t12-,14-/m0/s1. The van der Waals surface area contributed by atoms with E-state index in [1.54, 1.807) is 24.3 Å². The predicted molar refractivity (Wildman–Crippen MR) is 82.6 cm³/mol. The Bertz CT molecular complexity index is 632. The summed E-state index contributed by atoms with van der Waals surface area (Å²) in [7, 11) is -3.18. The summed E-state index contributed by atoms with van der Waals surface area (Å²) in [6, 6.07) is 6.54. The summed E-state index contributed by atoms with van der Waals surface area (Å²) in [6.45, 7) is 1.91. The van der Waals surface area contributed by atoms with Crippen LogP contribution < -0.4 is 5.32 Å². The molecule has 0 fully saturated rings. The van der Waals surface area contributed by atoms with Crippen LogP contribution in [0, 0.1) is 5.92 Å². The van der Waals surface area contributed by atoms with E-state index in [1.807, 2.05) is 6.92 Å². The molecule has 0 radical (unpaired) electrons. The maximum Gasteiger partial charge on any atom is 0.223 e. The van der Waals surface area contributed by atoms with E-state index in [2.05, 4.69) is 17.5 Å². The van der Waals surface area contributed by atoms with Crippen LogP contribution in [0.1, 0.15) is 37.8 Å². The maximum atomic E-state index is 12.2. The van der Waals surface area contributed by atoms with Gasteiger partial charge in [-0.3, -0.25) is 4.79 Å². The summed E-state index contributed by atoms with van der Waals surface area (Å²) in [4.78, 5) is 12.5. The van der Waals surface area contributed by atoms with Crippen LogP contribution in [0.15, 0.2) is 41.3 Å². The third-order valence-electron chi connectivity index (χ3n) is 3.81. The van der Waals surface area contributed by atoms with E-state index in [9.17, 15) is 13.2 Å². The molecular weight excluding hydrogens is 286 g/mol. The van der Waals surface area contributed by atoms with Crippen molar-refractivity contribution >= 4 is 15.7 Å². The molecule has 0 spiro atoms. The van der Waals surface area contributed by atoms with Crippen molar-refractivity contribution in [3.8, 4) is 0 Å². The molecule has 1 amide bonds. The number of rotatable bonds is 4. The minimum atomic E-state index is -3.18. The first-order chi connectivity index (χ1) is 9.88. The topological polar surface area (TPSA) is 63.2 Å². The van der Waals surface area contributed by atoms with Gasteiger partial charge in [0.2, 0.25) is 5.91 Å². The highest BCUT2D eigenvalue weighted by Crippen LogP contribution is 2.21. The van der Waals surface area contributed by atoms with Crippen LogP contribution in [0.25, 0.3) is 0 Å². The van der Waals surface area contributed by atoms with Crippen LogP contribution in [0.5, 0.6) is 0 Å². The van der Waals surface area contributed by atoms with Crippen LogP contribution in [0.3, 0.4) is 0 Å². The van der Waals surface area contributed by atoms with E-state index >= 15 is 0 Å². The Morgan fingerprint density at radius 3 is 2.43 bits per heavy atom. The normalized spacial score (nSPS) is 20.0. The molecule has 0 saturated carbocycles. The fraction of sp³-hybridized carbons (Fsp3) is 0.438. The second-order valence-electron chi connectivity index (χ2n) is 5.55. The summed E-state index contributed by atoms with van der Waals surface area (Å²) >= 11 is 0. The molecule has 0 saturated heterocycles. The Morgan fingerprint density at radius 1 is 1.24 bits per heavy atom. The number of benzene rings is 1. The number of nitrogens with one attached hydrogen (secondary N) is 1. The number of hydrogen-bond acceptors (Lipinski definition) is 3. The first-order valence-corrected chi connectivity index (χ1v) is 9.02. The zero-order chi connectivity index (χ0) is 15.5. The Hall–Kier alpha value is -1.62. The number of carbonyl (C=O) groups excluding carboxylic acids is 1. The number of amides is 1. The van der Waals surface area contributed by atoms with Gasteiger partial charge < -0.3 is 5.32 Å². The van der Waals surface area contributed by atoms with Gasteiger partial charge in [0.25, 0.3) is 0 Å². The lowest BCUT2D eigenvalue weighted by Crippen LogP contribution is -2.33. The Morgan fingerprint density at radius 2 is 1.90 bits per heavy atom. The second-order valence-corrected chi connectivity index (χ2v) is 7.57. The van der Waals surface area contributed by atoms with Gasteiger partial charge in [0, 0.05) is 12.2 Å². The van der Waals surface area contributed by atoms with Crippen molar-refractivity contribution in [1.29, 1.82) is 0 Å². The number of hydrogen-bond donors (Lipinski definition) is 1. The molecule has 2 rings (SSSR count). The van der Waals surface area contributed by atoms with Crippen LogP contribution in [-0.4, -0.2) is 20.6 Å². The molecule has 114 valence electrons. The zero-order valence-corrected chi connectivity index (χ0v) is 13.2. The van der Waals surface area contributed by atoms with Gasteiger partial charge in [-0.25, -0.2) is 8.42 Å². The highest BCUT2D eigenvalue weighted by Gasteiger charge is 2.20. The van der Waals surface area contributed by atoms with E-state index in [1.165, 1.54) is 6.26 Å². The van der Waals surface area contributed by atoms with E-state index in [4.69, 9.17) is 0 Å². The molecule has 21 heavy (non-hydrogen) atoms. The largest absolute Gasteiger partial charge is 0.349 e. The molecule has 0 bridgehead atoms. The fourth-order valence-corrected chi connectivity index (χ4v) is 3.08. The highest BCUT2D eigenvalue weighted by atomic mass is 32.2. The van der Waals surface area contributed by atoms with Crippen molar-refractivity contribution < 1.29 is 13.2 Å². The average molecular weight is 307 g/mol. The van der Waals surface area contributed by atoms with Crippen molar-refractivity contribution in [3.63, 3.8) is 0 Å². The number of carbonyl (C=O) groups is 1. The Kier molecular flexibility index (Phi) is 4.83. The third-order valence-corrected chi connectivity index (χ3v) is 4.94. The van der Waals surface area contributed by atoms with Crippen molar-refractivity contribution in [2.75, 3.05) is 6.26 Å². The third kappa shape index (κ3) is 4.17. The Balaban J connectivity index is 2.01. The SMILES string of the molecule is C[C@H](NC(=O)[C@H]1CC=CCC1)c1ccc(S(C)(=O)=O)cc1.